The number of amides is 1. The molecule has 1 aromatic carbocycles. The number of aliphatic hydroxyl groups is 1. The van der Waals surface area contributed by atoms with Crippen LogP contribution in [0.2, 0.25) is 0 Å². The van der Waals surface area contributed by atoms with Crippen LogP contribution < -0.4 is 14.8 Å². The highest BCUT2D eigenvalue weighted by Crippen LogP contribution is 2.78. The van der Waals surface area contributed by atoms with Gasteiger partial charge in [-0.1, -0.05) is 40.7 Å². The monoisotopic (exact) mass is 610 g/mol. The number of fused-ring (bicyclic) bond motifs is 2. The molecule has 5 aliphatic carbocycles. The molecule has 1 amide bonds. The van der Waals surface area contributed by atoms with E-state index in [1.165, 1.54) is 18.4 Å². The summed E-state index contributed by atoms with van der Waals surface area (Å²) < 4.78 is 19.7. The molecule has 2 heterocycles. The topological polar surface area (TPSA) is 118 Å². The maximum absolute atomic E-state index is 13.1. The van der Waals surface area contributed by atoms with E-state index in [0.29, 0.717) is 17.5 Å². The molecule has 2 spiro atoms. The largest absolute Gasteiger partial charge is 0.482 e. The molecule has 5 fully saturated rings. The third kappa shape index (κ3) is 3.81. The first-order valence-electron chi connectivity index (χ1n) is 16.7. The smallest absolute Gasteiger partial charge is 0.413 e. The molecular weight excluding hydrogens is 560 g/mol. The van der Waals surface area contributed by atoms with Crippen molar-refractivity contribution in [3.05, 3.63) is 23.3 Å². The van der Waals surface area contributed by atoms with Gasteiger partial charge in [0.25, 0.3) is 0 Å². The van der Waals surface area contributed by atoms with Crippen LogP contribution >= 0.6 is 0 Å². The van der Waals surface area contributed by atoms with Gasteiger partial charge in [0.1, 0.15) is 17.7 Å². The SMILES string of the molecule is COC12CC[C@@]3(C[C@@H]1[C@@](C)(O)C(C)(C)C)[C@H]1Cc4ccc(OC(=O)N[C@@H](C(=O)O)C(C)C)c5c4[C@@]3(CCN1CC1CC1)[C@H]2O5. The van der Waals surface area contributed by atoms with Gasteiger partial charge in [0.05, 0.1) is 5.60 Å². The lowest BCUT2D eigenvalue weighted by molar-refractivity contribution is -0.312. The van der Waals surface area contributed by atoms with Gasteiger partial charge in [-0.25, -0.2) is 9.59 Å². The van der Waals surface area contributed by atoms with Gasteiger partial charge >= 0.3 is 12.1 Å². The lowest BCUT2D eigenvalue weighted by Gasteiger charge is -2.75. The number of piperidine rings is 1. The Hall–Kier alpha value is -2.36. The Morgan fingerprint density at radius 3 is 2.50 bits per heavy atom. The fourth-order valence-electron chi connectivity index (χ4n) is 10.4. The van der Waals surface area contributed by atoms with Crippen LogP contribution in [0.4, 0.5) is 4.79 Å². The highest BCUT2D eigenvalue weighted by Gasteiger charge is 2.82. The fraction of sp³-hybridized carbons (Fsp3) is 0.771. The zero-order valence-corrected chi connectivity index (χ0v) is 27.4. The van der Waals surface area contributed by atoms with Gasteiger partial charge in [-0.15, -0.1) is 0 Å². The molecule has 8 rings (SSSR count). The van der Waals surface area contributed by atoms with Crippen LogP contribution in [0, 0.1) is 28.6 Å². The second-order valence-corrected chi connectivity index (χ2v) is 16.4. The number of nitrogens with one attached hydrogen (secondary N) is 1. The van der Waals surface area contributed by atoms with Crippen molar-refractivity contribution in [2.24, 2.45) is 28.6 Å². The summed E-state index contributed by atoms with van der Waals surface area (Å²) in [7, 11) is 1.78. The molecule has 242 valence electrons. The van der Waals surface area contributed by atoms with Crippen LogP contribution in [0.5, 0.6) is 11.5 Å². The maximum Gasteiger partial charge on any atom is 0.413 e. The van der Waals surface area contributed by atoms with Crippen molar-refractivity contribution in [2.45, 2.75) is 121 Å². The predicted octanol–water partition coefficient (Wildman–Crippen LogP) is 4.91. The van der Waals surface area contributed by atoms with Gasteiger partial charge in [0.2, 0.25) is 0 Å². The average molecular weight is 611 g/mol. The number of carboxylic acid groups (broad SMARTS) is 1. The Morgan fingerprint density at radius 1 is 1.16 bits per heavy atom. The van der Waals surface area contributed by atoms with E-state index in [2.05, 4.69) is 37.1 Å². The molecule has 1 saturated heterocycles. The molecule has 44 heavy (non-hydrogen) atoms. The van der Waals surface area contributed by atoms with Crippen LogP contribution in [0.15, 0.2) is 12.1 Å². The van der Waals surface area contributed by atoms with Crippen molar-refractivity contribution < 1.29 is 34.0 Å². The number of carboxylic acids is 1. The highest BCUT2D eigenvalue weighted by molar-refractivity contribution is 5.81. The quantitative estimate of drug-likeness (QED) is 0.380. The molecule has 4 bridgehead atoms. The number of ether oxygens (including phenoxy) is 3. The number of likely N-dealkylation sites (tertiary alicyclic amines) is 1. The van der Waals surface area contributed by atoms with Crippen molar-refractivity contribution in [2.75, 3.05) is 20.2 Å². The van der Waals surface area contributed by atoms with Crippen molar-refractivity contribution in [3.63, 3.8) is 0 Å². The number of nitrogens with zero attached hydrogens (tertiary/aromatic N) is 1. The molecule has 9 heteroatoms. The number of hydrogen-bond acceptors (Lipinski definition) is 7. The molecule has 1 unspecified atom stereocenters. The second-order valence-electron chi connectivity index (χ2n) is 16.4. The van der Waals surface area contributed by atoms with E-state index >= 15 is 0 Å². The van der Waals surface area contributed by atoms with Crippen molar-refractivity contribution in [1.29, 1.82) is 0 Å². The summed E-state index contributed by atoms with van der Waals surface area (Å²) in [6.07, 6.45) is 5.97. The highest BCUT2D eigenvalue weighted by atomic mass is 16.6. The first-order chi connectivity index (χ1) is 20.6. The second kappa shape index (κ2) is 9.58. The lowest BCUT2D eigenvalue weighted by Crippen LogP contribution is -2.83. The van der Waals surface area contributed by atoms with E-state index in [0.717, 1.165) is 56.7 Å². The normalized spacial score (nSPS) is 37.2. The minimum absolute atomic E-state index is 0.115. The minimum Gasteiger partial charge on any atom is -0.482 e. The molecule has 4 saturated carbocycles. The molecule has 9 nitrogen and oxygen atoms in total. The van der Waals surface area contributed by atoms with E-state index in [-0.39, 0.29) is 34.2 Å². The van der Waals surface area contributed by atoms with Crippen molar-refractivity contribution in [3.8, 4) is 11.5 Å². The van der Waals surface area contributed by atoms with Gasteiger partial charge in [-0.2, -0.15) is 0 Å². The van der Waals surface area contributed by atoms with E-state index in [9.17, 15) is 19.8 Å². The summed E-state index contributed by atoms with van der Waals surface area (Å²) in [4.78, 5) is 27.7. The Kier molecular flexibility index (Phi) is 6.60. The van der Waals surface area contributed by atoms with Crippen LogP contribution in [-0.4, -0.2) is 76.8 Å². The van der Waals surface area contributed by atoms with Gasteiger partial charge in [0.15, 0.2) is 11.5 Å². The molecular formula is C35H50N2O7. The fourth-order valence-corrected chi connectivity index (χ4v) is 10.4. The first kappa shape index (κ1) is 30.3. The van der Waals surface area contributed by atoms with Crippen molar-refractivity contribution >= 4 is 12.1 Å². The Balaban J connectivity index is 1.36. The predicted molar refractivity (Wildman–Crippen MR) is 164 cm³/mol. The molecule has 2 aliphatic heterocycles. The number of methoxy groups -OCH3 is 1. The lowest BCUT2D eigenvalue weighted by atomic mass is 9.33. The summed E-state index contributed by atoms with van der Waals surface area (Å²) in [5, 5.41) is 24.6. The Morgan fingerprint density at radius 2 is 1.89 bits per heavy atom. The van der Waals surface area contributed by atoms with E-state index in [4.69, 9.17) is 14.2 Å². The molecule has 1 aromatic rings. The number of benzene rings is 1. The third-order valence-corrected chi connectivity index (χ3v) is 13.3. The standard InChI is InChI=1S/C35H50N2O7/c1-19(2)26(28(38)39)36-30(40)43-22-11-10-21-16-24-33-12-13-35(42-7,23(17-33)32(6,41)31(3,4)5)29-34(33,25(21)27(22)44-29)14-15-37(24)18-20-8-9-20/h10-11,19-20,23-24,26,29,41H,8-9,12-18H2,1-7H3,(H,36,40)(H,38,39)/t23-,24-,26-,29-,32-,33-,34+,35?/m1/s1. The number of carbonyl (C=O) groups is 2. The van der Waals surface area contributed by atoms with Gasteiger partial charge in [-0.05, 0) is 87.3 Å². The number of hydrogen-bond donors (Lipinski definition) is 3. The number of aliphatic carboxylic acids is 1. The molecule has 7 aliphatic rings. The van der Waals surface area contributed by atoms with Gasteiger partial charge in [0, 0.05) is 42.0 Å². The van der Waals surface area contributed by atoms with Crippen LogP contribution in [0.25, 0.3) is 0 Å². The maximum atomic E-state index is 13.1. The summed E-state index contributed by atoms with van der Waals surface area (Å²) >= 11 is 0. The molecule has 0 radical (unpaired) electrons. The number of carbonyl (C=O) groups excluding carboxylic acids is 1. The third-order valence-electron chi connectivity index (χ3n) is 13.3. The van der Waals surface area contributed by atoms with Crippen LogP contribution in [-0.2, 0) is 21.4 Å². The van der Waals surface area contributed by atoms with E-state index < -0.39 is 29.3 Å². The summed E-state index contributed by atoms with van der Waals surface area (Å²) in [6, 6.07) is 3.18. The number of rotatable bonds is 8. The van der Waals surface area contributed by atoms with E-state index in [1.807, 2.05) is 13.0 Å². The summed E-state index contributed by atoms with van der Waals surface area (Å²) in [5.41, 5.74) is -0.164. The molecule has 0 aromatic heterocycles. The van der Waals surface area contributed by atoms with Gasteiger partial charge < -0.3 is 29.7 Å². The average Bonchev–Trinajstić information content (AvgIpc) is 3.69. The zero-order valence-electron chi connectivity index (χ0n) is 27.4. The van der Waals surface area contributed by atoms with Crippen molar-refractivity contribution in [1.82, 2.24) is 10.2 Å². The van der Waals surface area contributed by atoms with E-state index in [1.54, 1.807) is 21.0 Å². The van der Waals surface area contributed by atoms with Crippen LogP contribution in [0.1, 0.15) is 91.2 Å². The minimum atomic E-state index is -1.10. The molecule has 3 N–H and O–H groups in total. The summed E-state index contributed by atoms with van der Waals surface area (Å²) in [5.74, 6) is 0.130. The van der Waals surface area contributed by atoms with Gasteiger partial charge in [-0.3, -0.25) is 4.90 Å². The van der Waals surface area contributed by atoms with Crippen LogP contribution in [0.3, 0.4) is 0 Å². The first-order valence-corrected chi connectivity index (χ1v) is 16.7. The molecule has 8 atom stereocenters. The Labute approximate surface area is 261 Å². The summed E-state index contributed by atoms with van der Waals surface area (Å²) in [6.45, 7) is 13.9. The zero-order chi connectivity index (χ0) is 31.6. The Bertz CT molecular complexity index is 1380.